The zero-order valence-electron chi connectivity index (χ0n) is 12.5. The van der Waals surface area contributed by atoms with E-state index in [1.165, 1.54) is 36.4 Å². The van der Waals surface area contributed by atoms with E-state index in [4.69, 9.17) is 5.11 Å². The number of rotatable bonds is 5. The third-order valence-electron chi connectivity index (χ3n) is 4.55. The minimum absolute atomic E-state index is 0.178. The van der Waals surface area contributed by atoms with Crippen molar-refractivity contribution in [2.24, 2.45) is 5.92 Å². The summed E-state index contributed by atoms with van der Waals surface area (Å²) in [6.45, 7) is 6.19. The zero-order valence-corrected chi connectivity index (χ0v) is 13.3. The predicted octanol–water partition coefficient (Wildman–Crippen LogP) is 2.64. The minimum atomic E-state index is -0.638. The molecule has 0 spiro atoms. The highest BCUT2D eigenvalue weighted by Gasteiger charge is 2.25. The summed E-state index contributed by atoms with van der Waals surface area (Å²) in [5, 5.41) is 11.4. The van der Waals surface area contributed by atoms with Gasteiger partial charge in [0.2, 0.25) is 0 Å². The summed E-state index contributed by atoms with van der Waals surface area (Å²) in [4.78, 5) is 17.3. The van der Waals surface area contributed by atoms with E-state index in [0.717, 1.165) is 32.5 Å². The molecule has 2 aliphatic rings. The molecule has 1 N–H and O–H groups in total. The number of carboxylic acid groups (broad SMARTS) is 1. The van der Waals surface area contributed by atoms with Gasteiger partial charge in [-0.1, -0.05) is 0 Å². The maximum absolute atomic E-state index is 11.1. The SMILES string of the molecule is O=C(O)[C@H]1CCCN(Cc2cc(CN3CCCC3)cs2)C1. The molecular weight excluding hydrogens is 284 g/mol. The number of hydrogen-bond acceptors (Lipinski definition) is 4. The highest BCUT2D eigenvalue weighted by atomic mass is 32.1. The Morgan fingerprint density at radius 1 is 1.19 bits per heavy atom. The Hall–Kier alpha value is -0.910. The molecule has 4 nitrogen and oxygen atoms in total. The Kier molecular flexibility index (Phi) is 4.93. The lowest BCUT2D eigenvalue weighted by Gasteiger charge is -2.30. The number of carbonyl (C=O) groups is 1. The van der Waals surface area contributed by atoms with Gasteiger partial charge in [-0.3, -0.25) is 14.6 Å². The molecule has 0 aliphatic carbocycles. The van der Waals surface area contributed by atoms with Crippen molar-refractivity contribution >= 4 is 17.3 Å². The van der Waals surface area contributed by atoms with E-state index in [9.17, 15) is 4.79 Å². The van der Waals surface area contributed by atoms with Gasteiger partial charge in [-0.05, 0) is 62.3 Å². The highest BCUT2D eigenvalue weighted by molar-refractivity contribution is 7.10. The number of piperidine rings is 1. The van der Waals surface area contributed by atoms with Crippen LogP contribution in [0.2, 0.25) is 0 Å². The summed E-state index contributed by atoms with van der Waals surface area (Å²) in [5.74, 6) is -0.816. The van der Waals surface area contributed by atoms with E-state index in [1.54, 1.807) is 0 Å². The van der Waals surface area contributed by atoms with Gasteiger partial charge in [0, 0.05) is 24.5 Å². The van der Waals surface area contributed by atoms with Crippen molar-refractivity contribution in [2.45, 2.75) is 38.8 Å². The Morgan fingerprint density at radius 3 is 2.71 bits per heavy atom. The Morgan fingerprint density at radius 2 is 1.95 bits per heavy atom. The normalized spacial score (nSPS) is 24.5. The third-order valence-corrected chi connectivity index (χ3v) is 5.52. The molecule has 116 valence electrons. The van der Waals surface area contributed by atoms with Crippen molar-refractivity contribution in [3.63, 3.8) is 0 Å². The van der Waals surface area contributed by atoms with Crippen molar-refractivity contribution in [2.75, 3.05) is 26.2 Å². The number of hydrogen-bond donors (Lipinski definition) is 1. The molecule has 0 saturated carbocycles. The summed E-state index contributed by atoms with van der Waals surface area (Å²) in [6.07, 6.45) is 4.50. The molecule has 0 aromatic carbocycles. The molecule has 0 amide bonds. The predicted molar refractivity (Wildman–Crippen MR) is 84.5 cm³/mol. The van der Waals surface area contributed by atoms with Gasteiger partial charge < -0.3 is 5.11 Å². The lowest BCUT2D eigenvalue weighted by Crippen LogP contribution is -2.37. The molecule has 2 saturated heterocycles. The summed E-state index contributed by atoms with van der Waals surface area (Å²) >= 11 is 1.82. The maximum atomic E-state index is 11.1. The van der Waals surface area contributed by atoms with Gasteiger partial charge in [-0.25, -0.2) is 0 Å². The van der Waals surface area contributed by atoms with E-state index in [-0.39, 0.29) is 5.92 Å². The second kappa shape index (κ2) is 6.90. The standard InChI is InChI=1S/C16H24N2O2S/c19-16(20)14-4-3-7-18(10-14)11-15-8-13(12-21-15)9-17-5-1-2-6-17/h8,12,14H,1-7,9-11H2,(H,19,20)/t14-/m0/s1. The van der Waals surface area contributed by atoms with Crippen LogP contribution in [0.15, 0.2) is 11.4 Å². The maximum Gasteiger partial charge on any atom is 0.307 e. The van der Waals surface area contributed by atoms with Crippen LogP contribution in [0.25, 0.3) is 0 Å². The Bertz CT molecular complexity index is 482. The molecule has 3 rings (SSSR count). The monoisotopic (exact) mass is 308 g/mol. The van der Waals surface area contributed by atoms with Gasteiger partial charge in [-0.2, -0.15) is 0 Å². The van der Waals surface area contributed by atoms with Crippen LogP contribution < -0.4 is 0 Å². The van der Waals surface area contributed by atoms with Crippen molar-refractivity contribution < 1.29 is 9.90 Å². The van der Waals surface area contributed by atoms with E-state index in [0.29, 0.717) is 6.54 Å². The Balaban J connectivity index is 1.52. The largest absolute Gasteiger partial charge is 0.481 e. The molecular formula is C16H24N2O2S. The van der Waals surface area contributed by atoms with Gasteiger partial charge in [0.1, 0.15) is 0 Å². The van der Waals surface area contributed by atoms with Gasteiger partial charge in [0.05, 0.1) is 5.92 Å². The van der Waals surface area contributed by atoms with Gasteiger partial charge >= 0.3 is 5.97 Å². The van der Waals surface area contributed by atoms with E-state index >= 15 is 0 Å². The first-order chi connectivity index (χ1) is 10.2. The molecule has 1 aromatic rings. The lowest BCUT2D eigenvalue weighted by atomic mass is 9.98. The average molecular weight is 308 g/mol. The number of thiophene rings is 1. The molecule has 1 aromatic heterocycles. The van der Waals surface area contributed by atoms with Crippen LogP contribution in [-0.4, -0.2) is 47.1 Å². The van der Waals surface area contributed by atoms with Crippen LogP contribution in [0, 0.1) is 5.92 Å². The second-order valence-electron chi connectivity index (χ2n) is 6.32. The van der Waals surface area contributed by atoms with Crippen molar-refractivity contribution in [3.8, 4) is 0 Å². The van der Waals surface area contributed by atoms with Gasteiger partial charge in [-0.15, -0.1) is 11.3 Å². The molecule has 3 heterocycles. The average Bonchev–Trinajstić information content (AvgIpc) is 3.12. The van der Waals surface area contributed by atoms with Gasteiger partial charge in [0.25, 0.3) is 0 Å². The molecule has 1 atom stereocenters. The Labute approximate surface area is 130 Å². The van der Waals surface area contributed by atoms with Crippen LogP contribution in [0.5, 0.6) is 0 Å². The first kappa shape index (κ1) is 15.0. The van der Waals surface area contributed by atoms with Crippen molar-refractivity contribution in [1.29, 1.82) is 0 Å². The molecule has 2 fully saturated rings. The lowest BCUT2D eigenvalue weighted by molar-refractivity contribution is -0.143. The summed E-state index contributed by atoms with van der Waals surface area (Å²) < 4.78 is 0. The number of aliphatic carboxylic acids is 1. The van der Waals surface area contributed by atoms with Crippen molar-refractivity contribution in [1.82, 2.24) is 9.80 Å². The second-order valence-corrected chi connectivity index (χ2v) is 7.31. The fraction of sp³-hybridized carbons (Fsp3) is 0.688. The van der Waals surface area contributed by atoms with Crippen LogP contribution in [0.1, 0.15) is 36.1 Å². The summed E-state index contributed by atoms with van der Waals surface area (Å²) in [7, 11) is 0. The fourth-order valence-corrected chi connectivity index (χ4v) is 4.33. The van der Waals surface area contributed by atoms with Crippen LogP contribution in [-0.2, 0) is 17.9 Å². The minimum Gasteiger partial charge on any atom is -0.481 e. The van der Waals surface area contributed by atoms with Crippen LogP contribution >= 0.6 is 11.3 Å². The van der Waals surface area contributed by atoms with E-state index in [1.807, 2.05) is 11.3 Å². The number of likely N-dealkylation sites (tertiary alicyclic amines) is 2. The molecule has 5 heteroatoms. The van der Waals surface area contributed by atoms with Gasteiger partial charge in [0.15, 0.2) is 0 Å². The topological polar surface area (TPSA) is 43.8 Å². The van der Waals surface area contributed by atoms with E-state index in [2.05, 4.69) is 21.2 Å². The first-order valence-corrected chi connectivity index (χ1v) is 8.82. The number of nitrogens with zero attached hydrogens (tertiary/aromatic N) is 2. The first-order valence-electron chi connectivity index (χ1n) is 7.94. The van der Waals surface area contributed by atoms with Crippen LogP contribution in [0.3, 0.4) is 0 Å². The van der Waals surface area contributed by atoms with E-state index < -0.39 is 5.97 Å². The molecule has 0 bridgehead atoms. The highest BCUT2D eigenvalue weighted by Crippen LogP contribution is 2.23. The summed E-state index contributed by atoms with van der Waals surface area (Å²) in [5.41, 5.74) is 1.42. The quantitative estimate of drug-likeness (QED) is 0.908. The smallest absolute Gasteiger partial charge is 0.307 e. The molecule has 2 aliphatic heterocycles. The zero-order chi connectivity index (χ0) is 14.7. The molecule has 21 heavy (non-hydrogen) atoms. The molecule has 0 unspecified atom stereocenters. The van der Waals surface area contributed by atoms with Crippen LogP contribution in [0.4, 0.5) is 0 Å². The summed E-state index contributed by atoms with van der Waals surface area (Å²) in [6, 6.07) is 2.31. The third kappa shape index (κ3) is 4.05. The fourth-order valence-electron chi connectivity index (χ4n) is 3.41. The van der Waals surface area contributed by atoms with Crippen molar-refractivity contribution in [3.05, 3.63) is 21.9 Å². The number of carboxylic acids is 1. The molecule has 0 radical (unpaired) electrons.